The largest absolute Gasteiger partial charge is 0.378 e. The number of halogens is 1. The van der Waals surface area contributed by atoms with Crippen LogP contribution in [0.3, 0.4) is 0 Å². The molecule has 0 aromatic carbocycles. The Morgan fingerprint density at radius 3 is 3.00 bits per heavy atom. The van der Waals surface area contributed by atoms with Gasteiger partial charge in [0.1, 0.15) is 0 Å². The summed E-state index contributed by atoms with van der Waals surface area (Å²) in [4.78, 5) is 0. The van der Waals surface area contributed by atoms with E-state index in [9.17, 15) is 0 Å². The van der Waals surface area contributed by atoms with Gasteiger partial charge in [-0.3, -0.25) is 16.0 Å². The second-order valence-electron chi connectivity index (χ2n) is 5.01. The Bertz CT molecular complexity index is 387. The summed E-state index contributed by atoms with van der Waals surface area (Å²) >= 11 is 6.23. The van der Waals surface area contributed by atoms with E-state index in [0.29, 0.717) is 5.02 Å². The number of rotatable bonds is 5. The van der Waals surface area contributed by atoms with Crippen LogP contribution in [-0.4, -0.2) is 22.5 Å². The Hall–Kier alpha value is -0.620. The molecule has 102 valence electrons. The summed E-state index contributed by atoms with van der Waals surface area (Å²) in [5.74, 6) is 5.67. The Morgan fingerprint density at radius 1 is 1.67 bits per heavy atom. The first-order valence-electron chi connectivity index (χ1n) is 6.44. The second-order valence-corrected chi connectivity index (χ2v) is 5.41. The molecule has 2 unspecified atom stereocenters. The van der Waals surface area contributed by atoms with E-state index < -0.39 is 0 Å². The van der Waals surface area contributed by atoms with Crippen LogP contribution >= 0.6 is 11.6 Å². The zero-order valence-electron chi connectivity index (χ0n) is 10.9. The second kappa shape index (κ2) is 6.02. The van der Waals surface area contributed by atoms with E-state index in [0.717, 1.165) is 31.6 Å². The average molecular weight is 273 g/mol. The smallest absolute Gasteiger partial charge is 0.0834 e. The van der Waals surface area contributed by atoms with Crippen molar-refractivity contribution in [3.8, 4) is 0 Å². The lowest BCUT2D eigenvalue weighted by molar-refractivity contribution is 0.0934. The summed E-state index contributed by atoms with van der Waals surface area (Å²) in [5.41, 5.74) is 3.79. The van der Waals surface area contributed by atoms with Gasteiger partial charge in [0.25, 0.3) is 0 Å². The summed E-state index contributed by atoms with van der Waals surface area (Å²) in [6.07, 6.45) is 4.98. The number of hydrogen-bond acceptors (Lipinski definition) is 4. The van der Waals surface area contributed by atoms with Crippen molar-refractivity contribution in [1.82, 2.24) is 15.2 Å². The highest BCUT2D eigenvalue weighted by Crippen LogP contribution is 2.30. The fourth-order valence-corrected chi connectivity index (χ4v) is 2.70. The molecule has 0 amide bonds. The number of hydrazine groups is 1. The van der Waals surface area contributed by atoms with Gasteiger partial charge in [-0.05, 0) is 33.1 Å². The standard InChI is InChI=1S/C12H21ClN4O/c1-8(2)17-12(10(13)7-15-17)11(16-14)6-9-4-3-5-18-9/h7-9,11,16H,3-6,14H2,1-2H3. The predicted molar refractivity (Wildman–Crippen MR) is 71.3 cm³/mol. The molecule has 1 aliphatic rings. The number of ether oxygens (including phenoxy) is 1. The van der Waals surface area contributed by atoms with Crippen LogP contribution in [0.5, 0.6) is 0 Å². The Kier molecular flexibility index (Phi) is 4.61. The zero-order chi connectivity index (χ0) is 13.1. The Labute approximate surface area is 113 Å². The van der Waals surface area contributed by atoms with Crippen molar-refractivity contribution in [3.63, 3.8) is 0 Å². The lowest BCUT2D eigenvalue weighted by Crippen LogP contribution is -2.33. The van der Waals surface area contributed by atoms with E-state index in [1.807, 2.05) is 4.68 Å². The average Bonchev–Trinajstić information content (AvgIpc) is 2.95. The van der Waals surface area contributed by atoms with E-state index in [2.05, 4.69) is 24.4 Å². The van der Waals surface area contributed by atoms with Gasteiger partial charge in [-0.15, -0.1) is 0 Å². The van der Waals surface area contributed by atoms with Gasteiger partial charge in [0.2, 0.25) is 0 Å². The highest BCUT2D eigenvalue weighted by molar-refractivity contribution is 6.31. The predicted octanol–water partition coefficient (Wildman–Crippen LogP) is 2.19. The maximum atomic E-state index is 6.23. The molecule has 1 aromatic heterocycles. The van der Waals surface area contributed by atoms with Gasteiger partial charge in [0.15, 0.2) is 0 Å². The molecule has 1 saturated heterocycles. The van der Waals surface area contributed by atoms with Gasteiger partial charge in [0, 0.05) is 12.6 Å². The topological polar surface area (TPSA) is 65.1 Å². The molecule has 0 spiro atoms. The summed E-state index contributed by atoms with van der Waals surface area (Å²) < 4.78 is 7.57. The number of nitrogens with two attached hydrogens (primary N) is 1. The van der Waals surface area contributed by atoms with Gasteiger partial charge in [-0.1, -0.05) is 11.6 Å². The number of aromatic nitrogens is 2. The maximum Gasteiger partial charge on any atom is 0.0834 e. The zero-order valence-corrected chi connectivity index (χ0v) is 11.7. The quantitative estimate of drug-likeness (QED) is 0.637. The molecule has 1 fully saturated rings. The number of hydrogen-bond donors (Lipinski definition) is 2. The molecular weight excluding hydrogens is 252 g/mol. The Balaban J connectivity index is 2.17. The molecule has 0 bridgehead atoms. The minimum absolute atomic E-state index is 0.0227. The van der Waals surface area contributed by atoms with Crippen molar-refractivity contribution < 1.29 is 4.74 Å². The minimum Gasteiger partial charge on any atom is -0.378 e. The van der Waals surface area contributed by atoms with E-state index in [1.165, 1.54) is 0 Å². The molecule has 18 heavy (non-hydrogen) atoms. The van der Waals surface area contributed by atoms with Gasteiger partial charge in [-0.25, -0.2) is 0 Å². The van der Waals surface area contributed by atoms with E-state index in [4.69, 9.17) is 22.2 Å². The SMILES string of the molecule is CC(C)n1ncc(Cl)c1C(CC1CCCO1)NN. The van der Waals surface area contributed by atoms with Gasteiger partial charge >= 0.3 is 0 Å². The third kappa shape index (κ3) is 2.85. The van der Waals surface area contributed by atoms with Crippen molar-refractivity contribution in [2.75, 3.05) is 6.61 Å². The van der Waals surface area contributed by atoms with Crippen LogP contribution in [0.25, 0.3) is 0 Å². The summed E-state index contributed by atoms with van der Waals surface area (Å²) in [5, 5.41) is 4.96. The number of nitrogens with one attached hydrogen (secondary N) is 1. The third-order valence-electron chi connectivity index (χ3n) is 3.33. The molecule has 2 heterocycles. The van der Waals surface area contributed by atoms with E-state index in [1.54, 1.807) is 6.20 Å². The van der Waals surface area contributed by atoms with Gasteiger partial charge < -0.3 is 4.74 Å². The van der Waals surface area contributed by atoms with Crippen molar-refractivity contribution in [3.05, 3.63) is 16.9 Å². The molecule has 2 rings (SSSR count). The van der Waals surface area contributed by atoms with Crippen molar-refractivity contribution in [2.45, 2.75) is 51.3 Å². The minimum atomic E-state index is -0.0227. The fraction of sp³-hybridized carbons (Fsp3) is 0.750. The van der Waals surface area contributed by atoms with Crippen LogP contribution in [0.4, 0.5) is 0 Å². The molecule has 1 aromatic rings. The van der Waals surface area contributed by atoms with Crippen LogP contribution in [-0.2, 0) is 4.74 Å². The van der Waals surface area contributed by atoms with Gasteiger partial charge in [0.05, 0.1) is 29.1 Å². The first-order valence-corrected chi connectivity index (χ1v) is 6.82. The van der Waals surface area contributed by atoms with Crippen molar-refractivity contribution >= 4 is 11.6 Å². The van der Waals surface area contributed by atoms with E-state index in [-0.39, 0.29) is 18.2 Å². The molecule has 0 radical (unpaired) electrons. The number of nitrogens with zero attached hydrogens (tertiary/aromatic N) is 2. The molecular formula is C12H21ClN4O. The van der Waals surface area contributed by atoms with Crippen LogP contribution < -0.4 is 11.3 Å². The van der Waals surface area contributed by atoms with Crippen LogP contribution in [0.15, 0.2) is 6.20 Å². The van der Waals surface area contributed by atoms with Gasteiger partial charge in [-0.2, -0.15) is 5.10 Å². The first-order chi connectivity index (χ1) is 8.63. The molecule has 6 heteroatoms. The molecule has 5 nitrogen and oxygen atoms in total. The lowest BCUT2D eigenvalue weighted by Gasteiger charge is -2.22. The highest BCUT2D eigenvalue weighted by Gasteiger charge is 2.26. The van der Waals surface area contributed by atoms with Crippen LogP contribution in [0.2, 0.25) is 5.02 Å². The molecule has 1 aliphatic heterocycles. The Morgan fingerprint density at radius 2 is 2.44 bits per heavy atom. The normalized spacial score (nSPS) is 21.7. The summed E-state index contributed by atoms with van der Waals surface area (Å²) in [7, 11) is 0. The monoisotopic (exact) mass is 272 g/mol. The third-order valence-corrected chi connectivity index (χ3v) is 3.62. The molecule has 0 aliphatic carbocycles. The summed E-state index contributed by atoms with van der Waals surface area (Å²) in [6.45, 7) is 5.00. The molecule has 0 saturated carbocycles. The first kappa shape index (κ1) is 13.8. The van der Waals surface area contributed by atoms with Crippen LogP contribution in [0, 0.1) is 0 Å². The van der Waals surface area contributed by atoms with Crippen LogP contribution in [0.1, 0.15) is 50.9 Å². The highest BCUT2D eigenvalue weighted by atomic mass is 35.5. The fourth-order valence-electron chi connectivity index (χ4n) is 2.44. The van der Waals surface area contributed by atoms with Crippen molar-refractivity contribution in [1.29, 1.82) is 0 Å². The molecule has 2 atom stereocenters. The lowest BCUT2D eigenvalue weighted by atomic mass is 10.0. The van der Waals surface area contributed by atoms with Crippen molar-refractivity contribution in [2.24, 2.45) is 5.84 Å². The molecule has 3 N–H and O–H groups in total. The maximum absolute atomic E-state index is 6.23. The summed E-state index contributed by atoms with van der Waals surface area (Å²) in [6, 6.07) is 0.235. The van der Waals surface area contributed by atoms with E-state index >= 15 is 0 Å².